The summed E-state index contributed by atoms with van der Waals surface area (Å²) in [6, 6.07) is 14.6. The zero-order valence-corrected chi connectivity index (χ0v) is 14.8. The highest BCUT2D eigenvalue weighted by atomic mass is 32.2. The largest absolute Gasteiger partial charge is 0.341 e. The topological polar surface area (TPSA) is 63.2 Å². The van der Waals surface area contributed by atoms with Gasteiger partial charge in [-0.25, -0.2) is 8.42 Å². The second-order valence-corrected chi connectivity index (χ2v) is 8.23. The Morgan fingerprint density at radius 2 is 1.68 bits per heavy atom. The number of hydrogen-bond donors (Lipinski definition) is 1. The molecule has 1 amide bonds. The van der Waals surface area contributed by atoms with Crippen molar-refractivity contribution < 1.29 is 22.0 Å². The minimum atomic E-state index is -4.61. The summed E-state index contributed by atoms with van der Waals surface area (Å²) in [4.78, 5) is 12.5. The molecular weight excluding hydrogens is 368 g/mol. The van der Waals surface area contributed by atoms with Crippen LogP contribution in [0.5, 0.6) is 0 Å². The normalized spacial score (nSPS) is 11.5. The van der Waals surface area contributed by atoms with Gasteiger partial charge >= 0.3 is 5.76 Å². The first kappa shape index (κ1) is 19.4. The summed E-state index contributed by atoms with van der Waals surface area (Å²) in [6.07, 6.45) is 1.00. The lowest BCUT2D eigenvalue weighted by Gasteiger charge is -2.07. The lowest BCUT2D eigenvalue weighted by Crippen LogP contribution is -2.13. The smallest absolute Gasteiger partial charge is 0.326 e. The maximum atomic E-state index is 12.4. The first-order valence-corrected chi connectivity index (χ1v) is 10.0. The number of thioether (sulfide) groups is 1. The number of carbonyl (C=O) groups excluding carboxylic acids is 1. The fraction of sp³-hybridized carbons (Fsp3) is 0.235. The Morgan fingerprint density at radius 1 is 1.04 bits per heavy atom. The van der Waals surface area contributed by atoms with Gasteiger partial charge in [0.25, 0.3) is 0 Å². The van der Waals surface area contributed by atoms with Gasteiger partial charge in [-0.3, -0.25) is 4.79 Å². The molecule has 0 bridgehead atoms. The van der Waals surface area contributed by atoms with Crippen LogP contribution in [0.3, 0.4) is 0 Å². The fourth-order valence-corrected chi connectivity index (χ4v) is 3.59. The van der Waals surface area contributed by atoms with E-state index < -0.39 is 20.5 Å². The highest BCUT2D eigenvalue weighted by Crippen LogP contribution is 2.21. The number of nitrogens with one attached hydrogen (secondary N) is 1. The molecule has 134 valence electrons. The summed E-state index contributed by atoms with van der Waals surface area (Å²) >= 11 is 1.66. The fourth-order valence-electron chi connectivity index (χ4n) is 1.99. The second-order valence-electron chi connectivity index (χ2n) is 5.14. The van der Waals surface area contributed by atoms with Crippen molar-refractivity contribution in [2.75, 3.05) is 11.1 Å². The number of alkyl halides is 2. The predicted molar refractivity (Wildman–Crippen MR) is 94.7 cm³/mol. The van der Waals surface area contributed by atoms with Crippen LogP contribution in [-0.4, -0.2) is 25.8 Å². The molecule has 1 N–H and O–H groups in total. The van der Waals surface area contributed by atoms with Crippen LogP contribution in [0.15, 0.2) is 64.4 Å². The molecule has 8 heteroatoms. The van der Waals surface area contributed by atoms with Crippen LogP contribution in [0.4, 0.5) is 14.5 Å². The van der Waals surface area contributed by atoms with Crippen LogP contribution >= 0.6 is 11.8 Å². The lowest BCUT2D eigenvalue weighted by molar-refractivity contribution is -0.116. The van der Waals surface area contributed by atoms with E-state index in [-0.39, 0.29) is 5.91 Å². The number of carbonyl (C=O) groups is 1. The van der Waals surface area contributed by atoms with Crippen molar-refractivity contribution in [2.24, 2.45) is 0 Å². The number of benzene rings is 2. The van der Waals surface area contributed by atoms with Crippen molar-refractivity contribution in [1.82, 2.24) is 0 Å². The molecule has 2 rings (SSSR count). The van der Waals surface area contributed by atoms with E-state index in [0.29, 0.717) is 18.5 Å². The number of halogens is 2. The predicted octanol–water partition coefficient (Wildman–Crippen LogP) is 4.19. The number of hydrogen-bond acceptors (Lipinski definition) is 4. The van der Waals surface area contributed by atoms with Crippen molar-refractivity contribution in [3.8, 4) is 0 Å². The van der Waals surface area contributed by atoms with Crippen LogP contribution in [0, 0.1) is 0 Å². The maximum Gasteiger partial charge on any atom is 0.341 e. The summed E-state index contributed by atoms with van der Waals surface area (Å²) in [6.45, 7) is 0. The molecule has 2 aromatic carbocycles. The maximum absolute atomic E-state index is 12.4. The van der Waals surface area contributed by atoms with Crippen molar-refractivity contribution in [3.05, 3.63) is 54.6 Å². The molecule has 0 saturated carbocycles. The molecule has 0 atom stereocenters. The van der Waals surface area contributed by atoms with E-state index in [1.54, 1.807) is 11.8 Å². The van der Waals surface area contributed by atoms with Crippen LogP contribution in [0.25, 0.3) is 0 Å². The Hall–Kier alpha value is -1.93. The van der Waals surface area contributed by atoms with Crippen LogP contribution in [0.1, 0.15) is 12.8 Å². The molecule has 0 aliphatic carbocycles. The number of sulfone groups is 1. The molecule has 0 aromatic heterocycles. The Labute approximate surface area is 149 Å². The highest BCUT2D eigenvalue weighted by molar-refractivity contribution is 7.99. The molecule has 0 aliphatic heterocycles. The first-order valence-electron chi connectivity index (χ1n) is 7.49. The SMILES string of the molecule is O=C(CCCSc1ccccc1)Nc1ccc(S(=O)(=O)C(F)F)cc1. The second kappa shape index (κ2) is 8.96. The summed E-state index contributed by atoms with van der Waals surface area (Å²) in [5.74, 6) is -2.88. The van der Waals surface area contributed by atoms with Gasteiger partial charge < -0.3 is 5.32 Å². The van der Waals surface area contributed by atoms with E-state index in [1.165, 1.54) is 12.1 Å². The van der Waals surface area contributed by atoms with E-state index in [2.05, 4.69) is 5.32 Å². The summed E-state index contributed by atoms with van der Waals surface area (Å²) in [5.41, 5.74) is 0.369. The third-order valence-electron chi connectivity index (χ3n) is 3.26. The van der Waals surface area contributed by atoms with Crippen LogP contribution < -0.4 is 5.32 Å². The summed E-state index contributed by atoms with van der Waals surface area (Å²) in [5, 5.41) is 2.62. The number of anilines is 1. The molecule has 0 fully saturated rings. The van der Waals surface area contributed by atoms with Gasteiger partial charge in [-0.1, -0.05) is 18.2 Å². The van der Waals surface area contributed by atoms with E-state index >= 15 is 0 Å². The minimum absolute atomic E-state index is 0.210. The third-order valence-corrected chi connectivity index (χ3v) is 5.76. The van der Waals surface area contributed by atoms with Crippen LogP contribution in [0.2, 0.25) is 0 Å². The van der Waals surface area contributed by atoms with Crippen molar-refractivity contribution in [1.29, 1.82) is 0 Å². The summed E-state index contributed by atoms with van der Waals surface area (Å²) in [7, 11) is -4.61. The van der Waals surface area contributed by atoms with Gasteiger partial charge in [0, 0.05) is 17.0 Å². The van der Waals surface area contributed by atoms with Gasteiger partial charge in [0.1, 0.15) is 0 Å². The monoisotopic (exact) mass is 385 g/mol. The molecule has 0 radical (unpaired) electrons. The molecule has 0 unspecified atom stereocenters. The van der Waals surface area contributed by atoms with Crippen LogP contribution in [-0.2, 0) is 14.6 Å². The zero-order valence-electron chi connectivity index (χ0n) is 13.2. The van der Waals surface area contributed by atoms with Gasteiger partial charge in [0.05, 0.1) is 4.90 Å². The molecular formula is C17H17F2NO3S2. The van der Waals surface area contributed by atoms with Crippen molar-refractivity contribution in [3.63, 3.8) is 0 Å². The van der Waals surface area contributed by atoms with E-state index in [0.717, 1.165) is 22.8 Å². The highest BCUT2D eigenvalue weighted by Gasteiger charge is 2.26. The van der Waals surface area contributed by atoms with Gasteiger partial charge in [-0.05, 0) is 48.6 Å². The Morgan fingerprint density at radius 3 is 2.28 bits per heavy atom. The molecule has 25 heavy (non-hydrogen) atoms. The average Bonchev–Trinajstić information content (AvgIpc) is 2.60. The number of rotatable bonds is 8. The quantitative estimate of drug-likeness (QED) is 0.547. The molecule has 0 aliphatic rings. The van der Waals surface area contributed by atoms with Crippen molar-refractivity contribution in [2.45, 2.75) is 28.4 Å². The Bertz CT molecular complexity index is 794. The van der Waals surface area contributed by atoms with Gasteiger partial charge in [0.2, 0.25) is 15.7 Å². The van der Waals surface area contributed by atoms with E-state index in [9.17, 15) is 22.0 Å². The Kier molecular flexibility index (Phi) is 6.95. The minimum Gasteiger partial charge on any atom is -0.326 e. The third kappa shape index (κ3) is 5.82. The zero-order chi connectivity index (χ0) is 18.3. The molecule has 0 saturated heterocycles. The van der Waals surface area contributed by atoms with Gasteiger partial charge in [0.15, 0.2) is 0 Å². The number of amides is 1. The van der Waals surface area contributed by atoms with Gasteiger partial charge in [-0.15, -0.1) is 11.8 Å². The molecule has 2 aromatic rings. The molecule has 0 spiro atoms. The molecule has 4 nitrogen and oxygen atoms in total. The lowest BCUT2D eigenvalue weighted by atomic mass is 10.3. The average molecular weight is 385 g/mol. The van der Waals surface area contributed by atoms with Crippen molar-refractivity contribution >= 4 is 33.2 Å². The van der Waals surface area contributed by atoms with E-state index in [4.69, 9.17) is 0 Å². The van der Waals surface area contributed by atoms with Gasteiger partial charge in [-0.2, -0.15) is 8.78 Å². The Balaban J connectivity index is 1.79. The summed E-state index contributed by atoms with van der Waals surface area (Å²) < 4.78 is 47.5. The standard InChI is InChI=1S/C17H17F2NO3S2/c18-17(19)25(22,23)15-10-8-13(9-11-15)20-16(21)7-4-12-24-14-5-2-1-3-6-14/h1-3,5-6,8-11,17H,4,7,12H2,(H,20,21). The molecule has 0 heterocycles. The first-order chi connectivity index (χ1) is 11.9. The van der Waals surface area contributed by atoms with E-state index in [1.807, 2.05) is 30.3 Å².